The third-order valence-electron chi connectivity index (χ3n) is 5.11. The Morgan fingerprint density at radius 1 is 1.19 bits per heavy atom. The molecule has 0 amide bonds. The lowest BCUT2D eigenvalue weighted by Crippen LogP contribution is -2.33. The molecule has 4 atom stereocenters. The van der Waals surface area contributed by atoms with Gasteiger partial charge in [0.05, 0.1) is 11.7 Å². The zero-order valence-corrected chi connectivity index (χ0v) is 10.6. The fourth-order valence-corrected chi connectivity index (χ4v) is 3.39. The first-order chi connectivity index (χ1) is 7.47. The van der Waals surface area contributed by atoms with Gasteiger partial charge < -0.3 is 4.74 Å². The summed E-state index contributed by atoms with van der Waals surface area (Å²) in [6.45, 7) is 9.14. The van der Waals surface area contributed by atoms with Gasteiger partial charge in [0.25, 0.3) is 0 Å². The van der Waals surface area contributed by atoms with Crippen molar-refractivity contribution < 1.29 is 4.74 Å². The van der Waals surface area contributed by atoms with Crippen LogP contribution in [-0.4, -0.2) is 11.7 Å². The van der Waals surface area contributed by atoms with E-state index in [4.69, 9.17) is 4.74 Å². The quantitative estimate of drug-likeness (QED) is 0.655. The smallest absolute Gasteiger partial charge is 0.0954 e. The molecular formula is C15H20O. The van der Waals surface area contributed by atoms with Gasteiger partial charge in [-0.3, -0.25) is 0 Å². The first-order valence-corrected chi connectivity index (χ1v) is 6.22. The molecule has 1 aromatic rings. The van der Waals surface area contributed by atoms with Crippen molar-refractivity contribution in [1.29, 1.82) is 0 Å². The van der Waals surface area contributed by atoms with E-state index in [0.717, 1.165) is 0 Å². The van der Waals surface area contributed by atoms with Crippen molar-refractivity contribution in [3.8, 4) is 0 Å². The number of aryl methyl sites for hydroxylation is 1. The van der Waals surface area contributed by atoms with Gasteiger partial charge in [-0.05, 0) is 31.7 Å². The topological polar surface area (TPSA) is 12.5 Å². The molecule has 0 spiro atoms. The maximum Gasteiger partial charge on any atom is 0.0954 e. The summed E-state index contributed by atoms with van der Waals surface area (Å²) in [5.41, 5.74) is 3.26. The van der Waals surface area contributed by atoms with E-state index in [0.29, 0.717) is 17.4 Å². The summed E-state index contributed by atoms with van der Waals surface area (Å²) < 4.78 is 5.79. The number of hydrogen-bond donors (Lipinski definition) is 0. The van der Waals surface area contributed by atoms with Gasteiger partial charge in [0.1, 0.15) is 0 Å². The van der Waals surface area contributed by atoms with Crippen molar-refractivity contribution >= 4 is 0 Å². The molecule has 0 unspecified atom stereocenters. The van der Waals surface area contributed by atoms with Crippen LogP contribution in [0.1, 0.15) is 38.3 Å². The molecule has 1 saturated carbocycles. The van der Waals surface area contributed by atoms with Crippen molar-refractivity contribution in [2.45, 2.75) is 51.2 Å². The van der Waals surface area contributed by atoms with Gasteiger partial charge in [-0.2, -0.15) is 0 Å². The van der Waals surface area contributed by atoms with Gasteiger partial charge in [-0.15, -0.1) is 0 Å². The van der Waals surface area contributed by atoms with E-state index in [2.05, 4.69) is 52.0 Å². The molecule has 86 valence electrons. The van der Waals surface area contributed by atoms with Crippen molar-refractivity contribution in [3.63, 3.8) is 0 Å². The lowest BCUT2D eigenvalue weighted by Gasteiger charge is -2.34. The Morgan fingerprint density at radius 3 is 2.31 bits per heavy atom. The lowest BCUT2D eigenvalue weighted by molar-refractivity contribution is 0.142. The molecule has 3 rings (SSSR count). The molecule has 2 aliphatic rings. The molecule has 0 N–H and O–H groups in total. The van der Waals surface area contributed by atoms with E-state index in [1.807, 2.05) is 0 Å². The average Bonchev–Trinajstić information content (AvgIpc) is 2.84. The van der Waals surface area contributed by atoms with E-state index in [1.54, 1.807) is 0 Å². The molecule has 1 saturated heterocycles. The van der Waals surface area contributed by atoms with Crippen molar-refractivity contribution in [3.05, 3.63) is 35.4 Å². The van der Waals surface area contributed by atoms with E-state index in [9.17, 15) is 0 Å². The van der Waals surface area contributed by atoms with E-state index in [1.165, 1.54) is 17.5 Å². The summed E-state index contributed by atoms with van der Waals surface area (Å²) in [7, 11) is 0. The van der Waals surface area contributed by atoms with Crippen molar-refractivity contribution in [2.24, 2.45) is 5.92 Å². The fourth-order valence-electron chi connectivity index (χ4n) is 3.39. The molecule has 1 nitrogen and oxygen atoms in total. The van der Waals surface area contributed by atoms with Crippen LogP contribution >= 0.6 is 0 Å². The highest BCUT2D eigenvalue weighted by Gasteiger charge is 2.68. The third-order valence-corrected chi connectivity index (χ3v) is 5.11. The van der Waals surface area contributed by atoms with Crippen LogP contribution in [0.3, 0.4) is 0 Å². The molecule has 0 bridgehead atoms. The lowest BCUT2D eigenvalue weighted by atomic mass is 9.72. The van der Waals surface area contributed by atoms with Gasteiger partial charge in [0.2, 0.25) is 0 Å². The predicted molar refractivity (Wildman–Crippen MR) is 65.6 cm³/mol. The van der Waals surface area contributed by atoms with Crippen molar-refractivity contribution in [1.82, 2.24) is 0 Å². The highest BCUT2D eigenvalue weighted by Crippen LogP contribution is 2.62. The second-order valence-electron chi connectivity index (χ2n) is 6.00. The van der Waals surface area contributed by atoms with Gasteiger partial charge in [0.15, 0.2) is 0 Å². The average molecular weight is 216 g/mol. The van der Waals surface area contributed by atoms with Gasteiger partial charge in [-0.1, -0.05) is 43.7 Å². The largest absolute Gasteiger partial charge is 0.366 e. The molecule has 1 heteroatoms. The molecule has 1 aromatic carbocycles. The number of hydrogen-bond acceptors (Lipinski definition) is 1. The van der Waals surface area contributed by atoms with Crippen LogP contribution in [0, 0.1) is 12.8 Å². The van der Waals surface area contributed by atoms with Crippen LogP contribution < -0.4 is 0 Å². The Hall–Kier alpha value is -0.820. The molecule has 0 aromatic heterocycles. The minimum absolute atomic E-state index is 0.152. The molecule has 16 heavy (non-hydrogen) atoms. The number of benzene rings is 1. The first-order valence-electron chi connectivity index (χ1n) is 6.22. The van der Waals surface area contributed by atoms with Crippen LogP contribution in [-0.2, 0) is 10.2 Å². The Morgan fingerprint density at radius 2 is 1.81 bits per heavy atom. The number of rotatable bonds is 1. The molecule has 2 fully saturated rings. The predicted octanol–water partition coefficient (Wildman–Crippen LogP) is 3.45. The highest BCUT2D eigenvalue weighted by molar-refractivity contribution is 5.35. The summed E-state index contributed by atoms with van der Waals surface area (Å²) in [4.78, 5) is 0. The molecule has 1 aliphatic carbocycles. The van der Waals surface area contributed by atoms with E-state index in [-0.39, 0.29) is 5.60 Å². The van der Waals surface area contributed by atoms with Crippen LogP contribution in [0.2, 0.25) is 0 Å². The summed E-state index contributed by atoms with van der Waals surface area (Å²) in [6.07, 6.45) is 1.67. The SMILES string of the molecule is Cc1ccc([C@]2(C)C[C@@H]3O[C@]3(C)[C@@H]2C)cc1. The van der Waals surface area contributed by atoms with Crippen molar-refractivity contribution in [2.75, 3.05) is 0 Å². The summed E-state index contributed by atoms with van der Waals surface area (Å²) in [5.74, 6) is 0.604. The van der Waals surface area contributed by atoms with Gasteiger partial charge in [-0.25, -0.2) is 0 Å². The Labute approximate surface area is 97.8 Å². The minimum atomic E-state index is 0.152. The number of ether oxygens (including phenoxy) is 1. The second-order valence-corrected chi connectivity index (χ2v) is 6.00. The Kier molecular flexibility index (Phi) is 1.87. The first kappa shape index (κ1) is 10.3. The third kappa shape index (κ3) is 1.15. The number of epoxide rings is 1. The van der Waals surface area contributed by atoms with Crippen LogP contribution in [0.5, 0.6) is 0 Å². The monoisotopic (exact) mass is 216 g/mol. The standard InChI is InChI=1S/C15H20O/c1-10-5-7-12(8-6-10)14(3)9-13-15(4,16-13)11(14)2/h5-8,11,13H,9H2,1-4H3/t11-,13+,14-,15-/m1/s1. The fraction of sp³-hybridized carbons (Fsp3) is 0.600. The Balaban J connectivity index is 1.98. The summed E-state index contributed by atoms with van der Waals surface area (Å²) in [6, 6.07) is 9.03. The molecule has 1 aliphatic heterocycles. The van der Waals surface area contributed by atoms with Crippen LogP contribution in [0.25, 0.3) is 0 Å². The van der Waals surface area contributed by atoms with Gasteiger partial charge in [0, 0.05) is 5.41 Å². The molecule has 1 heterocycles. The maximum atomic E-state index is 5.79. The maximum absolute atomic E-state index is 5.79. The summed E-state index contributed by atoms with van der Waals surface area (Å²) >= 11 is 0. The zero-order valence-electron chi connectivity index (χ0n) is 10.6. The normalized spacial score (nSPS) is 45.5. The van der Waals surface area contributed by atoms with E-state index >= 15 is 0 Å². The minimum Gasteiger partial charge on any atom is -0.366 e. The summed E-state index contributed by atoms with van der Waals surface area (Å²) in [5, 5.41) is 0. The number of fused-ring (bicyclic) bond motifs is 1. The van der Waals surface area contributed by atoms with Gasteiger partial charge >= 0.3 is 0 Å². The highest BCUT2D eigenvalue weighted by atomic mass is 16.6. The second kappa shape index (κ2) is 2.89. The Bertz CT molecular complexity index is 422. The molecule has 0 radical (unpaired) electrons. The van der Waals surface area contributed by atoms with Crippen LogP contribution in [0.4, 0.5) is 0 Å². The van der Waals surface area contributed by atoms with Crippen LogP contribution in [0.15, 0.2) is 24.3 Å². The zero-order chi connectivity index (χ0) is 11.6. The van der Waals surface area contributed by atoms with E-state index < -0.39 is 0 Å². The molecular weight excluding hydrogens is 196 g/mol.